The molecule has 0 fully saturated rings. The van der Waals surface area contributed by atoms with Crippen LogP contribution in [0.5, 0.6) is 0 Å². The Hall–Kier alpha value is -1.74. The molecule has 0 aliphatic rings. The average molecular weight is 320 g/mol. The van der Waals surface area contributed by atoms with Crippen molar-refractivity contribution in [3.63, 3.8) is 0 Å². The average Bonchev–Trinajstić information content (AvgIpc) is 2.52. The van der Waals surface area contributed by atoms with Crippen LogP contribution in [0, 0.1) is 0 Å². The van der Waals surface area contributed by atoms with Crippen molar-refractivity contribution >= 4 is 20.2 Å². The Morgan fingerprint density at radius 2 is 0.900 bits per heavy atom. The summed E-state index contributed by atoms with van der Waals surface area (Å²) in [7, 11) is -10.8. The van der Waals surface area contributed by atoms with Crippen molar-refractivity contribution in [3.05, 3.63) is 48.3 Å². The lowest BCUT2D eigenvalue weighted by Crippen LogP contribution is -1.98. The fraction of sp³-hybridized carbons (Fsp3) is 0. The van der Waals surface area contributed by atoms with E-state index in [1.54, 1.807) is 0 Å². The van der Waals surface area contributed by atoms with Crippen LogP contribution in [-0.2, 0) is 20.2 Å². The van der Waals surface area contributed by atoms with Gasteiger partial charge in [0.1, 0.15) is 20.2 Å². The lowest BCUT2D eigenvalue weighted by Gasteiger charge is -2.09. The lowest BCUT2D eigenvalue weighted by atomic mass is 10.1. The fourth-order valence-electron chi connectivity index (χ4n) is 1.10. The van der Waals surface area contributed by atoms with E-state index in [4.69, 9.17) is 11.0 Å². The molecule has 0 aliphatic heterocycles. The summed E-state index contributed by atoms with van der Waals surface area (Å²) in [6, 6.07) is -9.84. The maximum Gasteiger partial charge on any atom is 0.124 e. The maximum atomic E-state index is 11.2. The first-order valence-electron chi connectivity index (χ1n) is 8.66. The van der Waals surface area contributed by atoms with Gasteiger partial charge < -0.3 is 9.11 Å². The molecule has 2 aromatic rings. The predicted octanol–water partition coefficient (Wildman–Crippen LogP) is 1.16. The van der Waals surface area contributed by atoms with Gasteiger partial charge in [0.15, 0.2) is 0 Å². The van der Waals surface area contributed by atoms with Gasteiger partial charge in [-0.2, -0.15) is 0 Å². The highest BCUT2D eigenvalue weighted by atomic mass is 32.2. The Balaban J connectivity index is 3.12. The van der Waals surface area contributed by atoms with Crippen molar-refractivity contribution in [2.24, 2.45) is 0 Å². The molecule has 0 N–H and O–H groups in total. The van der Waals surface area contributed by atoms with Crippen LogP contribution in [-0.4, -0.2) is 25.9 Å². The van der Waals surface area contributed by atoms with E-state index in [9.17, 15) is 25.9 Å². The minimum Gasteiger partial charge on any atom is -0.744 e. The molecule has 0 bridgehead atoms. The standard InChI is InChI=1S/C12H10O6S2/c13-19(14,15)11-5-1-9(2-6-11)10-3-7-12(8-4-10)20(16,17)18/h1-8H,(H,13,14,15)(H,16,17,18)/p-2/i1D,2D,3D,4D,5D,6D,7D,8D. The molecule has 0 unspecified atom stereocenters. The Morgan fingerprint density at radius 1 is 0.650 bits per heavy atom. The summed E-state index contributed by atoms with van der Waals surface area (Å²) in [6.45, 7) is 0. The van der Waals surface area contributed by atoms with Crippen LogP contribution in [0.4, 0.5) is 0 Å². The third kappa shape index (κ3) is 3.23. The van der Waals surface area contributed by atoms with Gasteiger partial charge in [-0.1, -0.05) is 24.2 Å². The molecule has 0 aromatic heterocycles. The van der Waals surface area contributed by atoms with Gasteiger partial charge in [0.05, 0.1) is 20.8 Å². The first kappa shape index (κ1) is 7.32. The number of rotatable bonds is 3. The van der Waals surface area contributed by atoms with Gasteiger partial charge in [-0.3, -0.25) is 0 Å². The Bertz CT molecular complexity index is 1080. The van der Waals surface area contributed by atoms with E-state index in [0.29, 0.717) is 0 Å². The Kier molecular flexibility index (Phi) is 1.82. The zero-order chi connectivity index (χ0) is 21.9. The van der Waals surface area contributed by atoms with Crippen LogP contribution < -0.4 is 0 Å². The highest BCUT2D eigenvalue weighted by Gasteiger charge is 2.04. The van der Waals surface area contributed by atoms with Crippen LogP contribution in [0.1, 0.15) is 11.0 Å². The molecule has 0 atom stereocenters. The van der Waals surface area contributed by atoms with Crippen molar-refractivity contribution in [1.29, 1.82) is 0 Å². The summed E-state index contributed by atoms with van der Waals surface area (Å²) in [5.41, 5.74) is -1.79. The summed E-state index contributed by atoms with van der Waals surface area (Å²) >= 11 is 0. The largest absolute Gasteiger partial charge is 0.744 e. The first-order valence-corrected chi connectivity index (χ1v) is 7.47. The topological polar surface area (TPSA) is 114 Å². The second-order valence-electron chi connectivity index (χ2n) is 3.32. The minimum absolute atomic E-state index is 0.894. The molecule has 2 aromatic carbocycles. The molecule has 106 valence electrons. The molecule has 2 rings (SSSR count). The molecule has 0 spiro atoms. The molecule has 0 heterocycles. The van der Waals surface area contributed by atoms with E-state index in [1.807, 2.05) is 0 Å². The monoisotopic (exact) mass is 320 g/mol. The lowest BCUT2D eigenvalue weighted by molar-refractivity contribution is 0.461. The zero-order valence-electron chi connectivity index (χ0n) is 17.3. The molecule has 6 nitrogen and oxygen atoms in total. The molecular formula is C12H8O6S2-2. The van der Waals surface area contributed by atoms with Crippen LogP contribution in [0.2, 0.25) is 0 Å². The molecule has 20 heavy (non-hydrogen) atoms. The van der Waals surface area contributed by atoms with Gasteiger partial charge in [0, 0.05) is 0 Å². The van der Waals surface area contributed by atoms with E-state index in [0.717, 1.165) is 0 Å². The first-order chi connectivity index (χ1) is 12.5. The molecular weight excluding hydrogens is 304 g/mol. The van der Waals surface area contributed by atoms with Crippen molar-refractivity contribution < 1.29 is 36.9 Å². The van der Waals surface area contributed by atoms with E-state index >= 15 is 0 Å². The van der Waals surface area contributed by atoms with Crippen molar-refractivity contribution in [1.82, 2.24) is 0 Å². The number of hydrogen-bond donors (Lipinski definition) is 0. The summed E-state index contributed by atoms with van der Waals surface area (Å²) in [5.74, 6) is 0. The molecule has 0 amide bonds. The van der Waals surface area contributed by atoms with Crippen LogP contribution in [0.25, 0.3) is 11.1 Å². The van der Waals surface area contributed by atoms with Crippen LogP contribution in [0.3, 0.4) is 0 Å². The third-order valence-corrected chi connectivity index (χ3v) is 3.36. The number of benzene rings is 2. The van der Waals surface area contributed by atoms with Gasteiger partial charge in [-0.05, 0) is 35.3 Å². The molecule has 0 aliphatic carbocycles. The molecule has 0 saturated carbocycles. The quantitative estimate of drug-likeness (QED) is 0.784. The van der Waals surface area contributed by atoms with Gasteiger partial charge in [-0.25, -0.2) is 16.8 Å². The normalized spacial score (nSPS) is 17.9. The summed E-state index contributed by atoms with van der Waals surface area (Å²) in [5, 5.41) is 0. The predicted molar refractivity (Wildman–Crippen MR) is 67.8 cm³/mol. The SMILES string of the molecule is [2H]c1c([2H])c(S(=O)(=O)[O-])c([2H])c([2H])c1-c1c([2H])c([2H])c(S(=O)(=O)[O-])c([2H])c1[2H]. The third-order valence-electron chi connectivity index (χ3n) is 1.95. The summed E-state index contributed by atoms with van der Waals surface area (Å²) < 4.78 is 129. The number of hydrogen-bond acceptors (Lipinski definition) is 6. The summed E-state index contributed by atoms with van der Waals surface area (Å²) in [4.78, 5) is -2.94. The zero-order valence-corrected chi connectivity index (χ0v) is 10.9. The van der Waals surface area contributed by atoms with E-state index < -0.39 is 89.5 Å². The molecule has 0 saturated heterocycles. The van der Waals surface area contributed by atoms with Gasteiger partial charge >= 0.3 is 0 Å². The van der Waals surface area contributed by atoms with Crippen LogP contribution in [0.15, 0.2) is 58.1 Å². The van der Waals surface area contributed by atoms with Gasteiger partial charge in [0.25, 0.3) is 0 Å². The maximum absolute atomic E-state index is 11.2. The highest BCUT2D eigenvalue weighted by molar-refractivity contribution is 7.86. The van der Waals surface area contributed by atoms with E-state index in [-0.39, 0.29) is 0 Å². The summed E-state index contributed by atoms with van der Waals surface area (Å²) in [6.07, 6.45) is 0. The second-order valence-corrected chi connectivity index (χ2v) is 5.95. The van der Waals surface area contributed by atoms with Gasteiger partial charge in [0.2, 0.25) is 0 Å². The van der Waals surface area contributed by atoms with Gasteiger partial charge in [-0.15, -0.1) is 0 Å². The minimum atomic E-state index is -5.42. The Morgan fingerprint density at radius 3 is 1.10 bits per heavy atom. The van der Waals surface area contributed by atoms with Crippen molar-refractivity contribution in [3.8, 4) is 11.1 Å². The van der Waals surface area contributed by atoms with Crippen LogP contribution >= 0.6 is 0 Å². The second kappa shape index (κ2) is 4.98. The van der Waals surface area contributed by atoms with Crippen molar-refractivity contribution in [2.75, 3.05) is 0 Å². The van der Waals surface area contributed by atoms with E-state index in [1.165, 1.54) is 0 Å². The van der Waals surface area contributed by atoms with Crippen molar-refractivity contribution in [2.45, 2.75) is 9.79 Å². The highest BCUT2D eigenvalue weighted by Crippen LogP contribution is 2.22. The molecule has 8 heteroatoms. The fourth-order valence-corrected chi connectivity index (χ4v) is 1.81. The smallest absolute Gasteiger partial charge is 0.124 e. The molecule has 0 radical (unpaired) electrons. The van der Waals surface area contributed by atoms with E-state index in [2.05, 4.69) is 0 Å². The Labute approximate surface area is 127 Å².